The van der Waals surface area contributed by atoms with E-state index in [0.717, 1.165) is 0 Å². The van der Waals surface area contributed by atoms with E-state index in [1.165, 1.54) is 0 Å². The van der Waals surface area contributed by atoms with Gasteiger partial charge in [-0.1, -0.05) is 0 Å². The Morgan fingerprint density at radius 3 is 2.78 bits per heavy atom. The number of benzene rings is 1. The molecule has 0 radical (unpaired) electrons. The Morgan fingerprint density at radius 2 is 2.22 bits per heavy atom. The van der Waals surface area contributed by atoms with Crippen molar-refractivity contribution in [2.75, 3.05) is 30.2 Å². The highest BCUT2D eigenvalue weighted by Crippen LogP contribution is 2.24. The zero-order valence-electron chi connectivity index (χ0n) is 10.6. The van der Waals surface area contributed by atoms with Crippen LogP contribution in [0.25, 0.3) is 0 Å². The lowest BCUT2D eigenvalue weighted by Gasteiger charge is -2.09. The number of nitrogen functional groups attached to an aromatic ring is 1. The monoisotopic (exact) mass is 270 g/mol. The second-order valence-electron chi connectivity index (χ2n) is 3.88. The Kier molecular flexibility index (Phi) is 5.64. The van der Waals surface area contributed by atoms with Crippen LogP contribution in [0.5, 0.6) is 5.75 Å². The predicted octanol–water partition coefficient (Wildman–Crippen LogP) is 1.37. The number of carbonyl (C=O) groups excluding carboxylic acids is 1. The van der Waals surface area contributed by atoms with Crippen LogP contribution in [0, 0.1) is 0 Å². The second kappa shape index (κ2) is 7.00. The fourth-order valence-corrected chi connectivity index (χ4v) is 1.98. The van der Waals surface area contributed by atoms with Crippen molar-refractivity contribution >= 4 is 28.1 Å². The van der Waals surface area contributed by atoms with E-state index >= 15 is 0 Å². The van der Waals surface area contributed by atoms with Crippen LogP contribution in [-0.2, 0) is 15.6 Å². The minimum Gasteiger partial charge on any atom is -0.497 e. The number of hydrogen-bond donors (Lipinski definition) is 2. The van der Waals surface area contributed by atoms with E-state index in [2.05, 4.69) is 5.32 Å². The summed E-state index contributed by atoms with van der Waals surface area (Å²) in [5.41, 5.74) is 6.81. The van der Waals surface area contributed by atoms with E-state index < -0.39 is 10.8 Å². The van der Waals surface area contributed by atoms with Gasteiger partial charge in [0.25, 0.3) is 0 Å². The van der Waals surface area contributed by atoms with Gasteiger partial charge >= 0.3 is 0 Å². The third kappa shape index (κ3) is 4.75. The quantitative estimate of drug-likeness (QED) is 0.765. The molecule has 0 aliphatic rings. The number of amides is 1. The second-order valence-corrected chi connectivity index (χ2v) is 5.44. The van der Waals surface area contributed by atoms with Gasteiger partial charge in [-0.3, -0.25) is 9.00 Å². The molecule has 1 atom stereocenters. The Balaban J connectivity index is 2.51. The van der Waals surface area contributed by atoms with Gasteiger partial charge in [-0.25, -0.2) is 0 Å². The molecule has 0 saturated heterocycles. The lowest BCUT2D eigenvalue weighted by Crippen LogP contribution is -2.13. The van der Waals surface area contributed by atoms with Crippen LogP contribution in [0.4, 0.5) is 11.4 Å². The first kappa shape index (κ1) is 14.5. The van der Waals surface area contributed by atoms with Gasteiger partial charge < -0.3 is 15.8 Å². The molecule has 1 rings (SSSR count). The molecule has 1 aromatic carbocycles. The molecule has 0 heterocycles. The van der Waals surface area contributed by atoms with Crippen molar-refractivity contribution in [2.45, 2.75) is 12.8 Å². The smallest absolute Gasteiger partial charge is 0.224 e. The summed E-state index contributed by atoms with van der Waals surface area (Å²) in [6.07, 6.45) is 2.56. The van der Waals surface area contributed by atoms with Crippen molar-refractivity contribution in [3.05, 3.63) is 18.2 Å². The van der Waals surface area contributed by atoms with Gasteiger partial charge in [0, 0.05) is 35.3 Å². The summed E-state index contributed by atoms with van der Waals surface area (Å²) in [5.74, 6) is 1.05. The Bertz CT molecular complexity index is 449. The number of hydrogen-bond acceptors (Lipinski definition) is 4. The van der Waals surface area contributed by atoms with E-state index in [1.54, 1.807) is 31.6 Å². The molecule has 1 unspecified atom stereocenters. The number of rotatable bonds is 6. The van der Waals surface area contributed by atoms with Crippen molar-refractivity contribution in [3.63, 3.8) is 0 Å². The van der Waals surface area contributed by atoms with Crippen LogP contribution in [0.1, 0.15) is 12.8 Å². The zero-order valence-corrected chi connectivity index (χ0v) is 11.4. The van der Waals surface area contributed by atoms with Crippen molar-refractivity contribution in [3.8, 4) is 5.75 Å². The summed E-state index contributed by atoms with van der Waals surface area (Å²) in [5, 5.41) is 2.72. The van der Waals surface area contributed by atoms with Crippen molar-refractivity contribution < 1.29 is 13.7 Å². The molecule has 1 amide bonds. The highest BCUT2D eigenvalue weighted by atomic mass is 32.2. The molecular weight excluding hydrogens is 252 g/mol. The van der Waals surface area contributed by atoms with Crippen LogP contribution in [0.15, 0.2) is 18.2 Å². The van der Waals surface area contributed by atoms with E-state index in [0.29, 0.717) is 35.7 Å². The third-order valence-corrected chi connectivity index (χ3v) is 3.23. The minimum absolute atomic E-state index is 0.127. The first-order chi connectivity index (χ1) is 8.52. The molecule has 5 nitrogen and oxygen atoms in total. The first-order valence-electron chi connectivity index (χ1n) is 5.56. The van der Waals surface area contributed by atoms with Crippen molar-refractivity contribution in [1.29, 1.82) is 0 Å². The normalized spacial score (nSPS) is 11.9. The topological polar surface area (TPSA) is 81.4 Å². The molecule has 0 aromatic heterocycles. The number of nitrogens with two attached hydrogens (primary N) is 1. The van der Waals surface area contributed by atoms with Gasteiger partial charge in [-0.2, -0.15) is 0 Å². The lowest BCUT2D eigenvalue weighted by molar-refractivity contribution is -0.116. The van der Waals surface area contributed by atoms with E-state index in [1.807, 2.05) is 0 Å². The lowest BCUT2D eigenvalue weighted by atomic mass is 10.2. The summed E-state index contributed by atoms with van der Waals surface area (Å²) < 4.78 is 15.9. The SMILES string of the molecule is COc1ccc(NC(=O)CCCS(C)=O)c(N)c1. The van der Waals surface area contributed by atoms with Gasteiger partial charge in [-0.15, -0.1) is 0 Å². The summed E-state index contributed by atoms with van der Waals surface area (Å²) in [6.45, 7) is 0. The number of nitrogens with one attached hydrogen (secondary N) is 1. The zero-order chi connectivity index (χ0) is 13.5. The van der Waals surface area contributed by atoms with E-state index in [-0.39, 0.29) is 5.91 Å². The van der Waals surface area contributed by atoms with Crippen molar-refractivity contribution in [2.24, 2.45) is 0 Å². The van der Waals surface area contributed by atoms with Crippen LogP contribution in [0.3, 0.4) is 0 Å². The summed E-state index contributed by atoms with van der Waals surface area (Å²) in [6, 6.07) is 5.08. The fraction of sp³-hybridized carbons (Fsp3) is 0.417. The highest BCUT2D eigenvalue weighted by molar-refractivity contribution is 7.84. The Labute approximate surface area is 109 Å². The molecule has 3 N–H and O–H groups in total. The molecule has 0 saturated carbocycles. The van der Waals surface area contributed by atoms with E-state index in [4.69, 9.17) is 10.5 Å². The Morgan fingerprint density at radius 1 is 1.50 bits per heavy atom. The van der Waals surface area contributed by atoms with E-state index in [9.17, 15) is 9.00 Å². The van der Waals surface area contributed by atoms with Gasteiger partial charge in [0.2, 0.25) is 5.91 Å². The predicted molar refractivity (Wildman–Crippen MR) is 74.2 cm³/mol. The maximum Gasteiger partial charge on any atom is 0.224 e. The number of ether oxygens (including phenoxy) is 1. The maximum absolute atomic E-state index is 11.6. The third-order valence-electron chi connectivity index (χ3n) is 2.37. The molecule has 0 aliphatic carbocycles. The Hall–Kier alpha value is -1.56. The van der Waals surface area contributed by atoms with Crippen LogP contribution in [-0.4, -0.2) is 29.2 Å². The molecule has 100 valence electrons. The van der Waals surface area contributed by atoms with Gasteiger partial charge in [-0.05, 0) is 18.6 Å². The van der Waals surface area contributed by atoms with Crippen molar-refractivity contribution in [1.82, 2.24) is 0 Å². The minimum atomic E-state index is -0.858. The molecule has 0 bridgehead atoms. The van der Waals surface area contributed by atoms with Gasteiger partial charge in [0.05, 0.1) is 18.5 Å². The maximum atomic E-state index is 11.6. The van der Waals surface area contributed by atoms with Crippen LogP contribution >= 0.6 is 0 Å². The summed E-state index contributed by atoms with van der Waals surface area (Å²) >= 11 is 0. The molecular formula is C12H18N2O3S. The fourth-order valence-electron chi connectivity index (χ4n) is 1.43. The number of methoxy groups -OCH3 is 1. The number of anilines is 2. The average molecular weight is 270 g/mol. The first-order valence-corrected chi connectivity index (χ1v) is 7.29. The number of carbonyl (C=O) groups is 1. The molecule has 0 aliphatic heterocycles. The van der Waals surface area contributed by atoms with Gasteiger partial charge in [0.15, 0.2) is 0 Å². The standard InChI is InChI=1S/C12H18N2O3S/c1-17-9-5-6-11(10(13)8-9)14-12(15)4-3-7-18(2)16/h5-6,8H,3-4,7,13H2,1-2H3,(H,14,15). The largest absolute Gasteiger partial charge is 0.497 e. The summed E-state index contributed by atoms with van der Waals surface area (Å²) in [7, 11) is 0.695. The highest BCUT2D eigenvalue weighted by Gasteiger charge is 2.06. The average Bonchev–Trinajstić information content (AvgIpc) is 2.31. The van der Waals surface area contributed by atoms with Crippen LogP contribution in [0.2, 0.25) is 0 Å². The molecule has 1 aromatic rings. The molecule has 6 heteroatoms. The molecule has 0 spiro atoms. The summed E-state index contributed by atoms with van der Waals surface area (Å²) in [4.78, 5) is 11.6. The molecule has 0 fully saturated rings. The van der Waals surface area contributed by atoms with Gasteiger partial charge in [0.1, 0.15) is 5.75 Å². The van der Waals surface area contributed by atoms with Crippen LogP contribution < -0.4 is 15.8 Å². The molecule has 18 heavy (non-hydrogen) atoms.